The second-order valence-electron chi connectivity index (χ2n) is 6.17. The zero-order chi connectivity index (χ0) is 18.9. The lowest BCUT2D eigenvalue weighted by atomic mass is 10.2. The van der Waals surface area contributed by atoms with Crippen LogP contribution in [0.5, 0.6) is 0 Å². The van der Waals surface area contributed by atoms with Gasteiger partial charge in [-0.25, -0.2) is 22.8 Å². The van der Waals surface area contributed by atoms with E-state index in [1.165, 1.54) is 0 Å². The van der Waals surface area contributed by atoms with Crippen molar-refractivity contribution in [3.63, 3.8) is 0 Å². The summed E-state index contributed by atoms with van der Waals surface area (Å²) < 4.78 is 37.9. The van der Waals surface area contributed by atoms with Gasteiger partial charge in [-0.05, 0) is 30.7 Å². The van der Waals surface area contributed by atoms with Crippen LogP contribution in [0.25, 0.3) is 0 Å². The highest BCUT2D eigenvalue weighted by atomic mass is 32.2. The number of nitrogens with zero attached hydrogens (tertiary/aromatic N) is 2. The fraction of sp³-hybridized carbons (Fsp3) is 0.235. The number of aryl methyl sites for hydroxylation is 1. The Labute approximate surface area is 151 Å². The Bertz CT molecular complexity index is 975. The number of sulfone groups is 1. The Morgan fingerprint density at radius 3 is 2.69 bits per heavy atom. The summed E-state index contributed by atoms with van der Waals surface area (Å²) in [5.74, 6) is 0.0252. The fourth-order valence-corrected chi connectivity index (χ4v) is 3.45. The van der Waals surface area contributed by atoms with Crippen molar-refractivity contribution in [3.8, 4) is 0 Å². The van der Waals surface area contributed by atoms with E-state index in [2.05, 4.69) is 21.0 Å². The first-order valence-corrected chi connectivity index (χ1v) is 9.79. The lowest BCUT2D eigenvalue weighted by Crippen LogP contribution is -2.25. The number of benzene rings is 1. The average molecular weight is 377 g/mol. The molecule has 0 atom stereocenters. The Morgan fingerprint density at radius 1 is 1.31 bits per heavy atom. The monoisotopic (exact) mass is 377 g/mol. The molecule has 26 heavy (non-hydrogen) atoms. The highest BCUT2D eigenvalue weighted by molar-refractivity contribution is 7.90. The summed E-state index contributed by atoms with van der Waals surface area (Å²) in [7, 11) is -1.59. The molecule has 9 heteroatoms. The average Bonchev–Trinajstić information content (AvgIpc) is 2.96. The highest BCUT2D eigenvalue weighted by Gasteiger charge is 2.20. The molecule has 0 amide bonds. The van der Waals surface area contributed by atoms with Crippen molar-refractivity contribution < 1.29 is 12.8 Å². The largest absolute Gasteiger partial charge is 0.354 e. The number of anilines is 3. The van der Waals surface area contributed by atoms with Crippen molar-refractivity contribution in [2.45, 2.75) is 11.8 Å². The summed E-state index contributed by atoms with van der Waals surface area (Å²) in [5, 5.41) is 8.10. The molecule has 0 aliphatic carbocycles. The summed E-state index contributed by atoms with van der Waals surface area (Å²) in [4.78, 5) is 4.18. The normalized spacial score (nSPS) is 14.7. The van der Waals surface area contributed by atoms with Gasteiger partial charge in [-0.15, -0.1) is 0 Å². The van der Waals surface area contributed by atoms with Crippen LogP contribution >= 0.6 is 0 Å². The van der Waals surface area contributed by atoms with Crippen LogP contribution in [0.15, 0.2) is 47.3 Å². The molecule has 0 saturated heterocycles. The van der Waals surface area contributed by atoms with Crippen LogP contribution in [0.1, 0.15) is 5.56 Å². The van der Waals surface area contributed by atoms with Gasteiger partial charge >= 0.3 is 0 Å². The molecule has 1 aromatic carbocycles. The summed E-state index contributed by atoms with van der Waals surface area (Å²) in [5.41, 5.74) is 5.22. The SMILES string of the molecule is Cc1cc(Nc2cccc(S(C)(=O)=O)c2NC2=CNN(C)C2)ncc1F. The molecule has 3 N–H and O–H groups in total. The number of para-hydroxylation sites is 1. The number of pyridine rings is 1. The molecule has 2 heterocycles. The molecule has 0 fully saturated rings. The zero-order valence-corrected chi connectivity index (χ0v) is 15.5. The van der Waals surface area contributed by atoms with Crippen molar-refractivity contribution >= 4 is 27.0 Å². The Kier molecular flexibility index (Phi) is 4.84. The number of nitrogens with one attached hydrogen (secondary N) is 3. The predicted molar refractivity (Wildman–Crippen MR) is 99.2 cm³/mol. The molecular formula is C17H20FN5O2S. The molecule has 1 aromatic heterocycles. The van der Waals surface area contributed by atoms with E-state index in [4.69, 9.17) is 0 Å². The number of hydrazine groups is 1. The van der Waals surface area contributed by atoms with Crippen molar-refractivity contribution in [2.24, 2.45) is 0 Å². The molecule has 7 nitrogen and oxygen atoms in total. The molecule has 0 radical (unpaired) electrons. The highest BCUT2D eigenvalue weighted by Crippen LogP contribution is 2.33. The van der Waals surface area contributed by atoms with E-state index in [0.29, 0.717) is 29.3 Å². The summed E-state index contributed by atoms with van der Waals surface area (Å²) >= 11 is 0. The minimum Gasteiger partial charge on any atom is -0.354 e. The van der Waals surface area contributed by atoms with Crippen LogP contribution in [-0.2, 0) is 9.84 Å². The van der Waals surface area contributed by atoms with Crippen molar-refractivity contribution in [1.29, 1.82) is 0 Å². The second kappa shape index (κ2) is 6.93. The van der Waals surface area contributed by atoms with E-state index in [1.54, 1.807) is 37.4 Å². The van der Waals surface area contributed by atoms with Gasteiger partial charge in [0.25, 0.3) is 0 Å². The maximum atomic E-state index is 13.4. The fourth-order valence-electron chi connectivity index (χ4n) is 2.59. The lowest BCUT2D eigenvalue weighted by Gasteiger charge is -2.18. The molecular weight excluding hydrogens is 357 g/mol. The van der Waals surface area contributed by atoms with E-state index >= 15 is 0 Å². The van der Waals surface area contributed by atoms with Crippen LogP contribution < -0.4 is 16.1 Å². The number of rotatable bonds is 5. The van der Waals surface area contributed by atoms with Crippen LogP contribution in [-0.4, -0.2) is 38.3 Å². The molecule has 2 aromatic rings. The third-order valence-electron chi connectivity index (χ3n) is 3.89. The Hall–Kier alpha value is -2.65. The molecule has 0 bridgehead atoms. The van der Waals surface area contributed by atoms with Crippen molar-refractivity contribution in [3.05, 3.63) is 53.7 Å². The second-order valence-corrected chi connectivity index (χ2v) is 8.16. The Morgan fingerprint density at radius 2 is 2.08 bits per heavy atom. The summed E-state index contributed by atoms with van der Waals surface area (Å²) in [6.45, 7) is 2.23. The summed E-state index contributed by atoms with van der Waals surface area (Å²) in [6.07, 6.45) is 4.05. The summed E-state index contributed by atoms with van der Waals surface area (Å²) in [6, 6.07) is 6.49. The first-order valence-electron chi connectivity index (χ1n) is 7.89. The van der Waals surface area contributed by atoms with Gasteiger partial charge in [0, 0.05) is 25.2 Å². The molecule has 0 spiro atoms. The topological polar surface area (TPSA) is 86.4 Å². The lowest BCUT2D eigenvalue weighted by molar-refractivity contribution is 0.329. The third-order valence-corrected chi connectivity index (χ3v) is 5.03. The first-order chi connectivity index (χ1) is 12.2. The molecule has 0 unspecified atom stereocenters. The van der Waals surface area contributed by atoms with Crippen molar-refractivity contribution in [2.75, 3.05) is 30.5 Å². The van der Waals surface area contributed by atoms with E-state index < -0.39 is 15.7 Å². The van der Waals surface area contributed by atoms with Crippen LogP contribution in [0.4, 0.5) is 21.6 Å². The smallest absolute Gasteiger partial charge is 0.177 e. The van der Waals surface area contributed by atoms with E-state index in [-0.39, 0.29) is 4.90 Å². The van der Waals surface area contributed by atoms with Gasteiger partial charge in [-0.2, -0.15) is 0 Å². The number of halogens is 1. The molecule has 138 valence electrons. The van der Waals surface area contributed by atoms with Crippen LogP contribution in [0.2, 0.25) is 0 Å². The molecule has 1 aliphatic heterocycles. The van der Waals surface area contributed by atoms with Gasteiger partial charge in [-0.1, -0.05) is 6.07 Å². The quantitative estimate of drug-likeness (QED) is 0.737. The van der Waals surface area contributed by atoms with Gasteiger partial charge in [0.1, 0.15) is 11.6 Å². The van der Waals surface area contributed by atoms with Gasteiger partial charge in [0.05, 0.1) is 29.0 Å². The predicted octanol–water partition coefficient (Wildman–Crippen LogP) is 2.38. The minimum atomic E-state index is -3.46. The van der Waals surface area contributed by atoms with E-state index in [1.807, 2.05) is 12.1 Å². The minimum absolute atomic E-state index is 0.164. The number of hydrogen-bond acceptors (Lipinski definition) is 7. The molecule has 3 rings (SSSR count). The molecule has 0 saturated carbocycles. The zero-order valence-electron chi connectivity index (χ0n) is 14.7. The van der Waals surface area contributed by atoms with Gasteiger partial charge in [0.15, 0.2) is 9.84 Å². The van der Waals surface area contributed by atoms with E-state index in [0.717, 1.165) is 18.1 Å². The van der Waals surface area contributed by atoms with Crippen LogP contribution in [0.3, 0.4) is 0 Å². The van der Waals surface area contributed by atoms with Crippen LogP contribution in [0, 0.1) is 12.7 Å². The maximum absolute atomic E-state index is 13.4. The van der Waals surface area contributed by atoms with Gasteiger partial charge in [0.2, 0.25) is 0 Å². The third kappa shape index (κ3) is 3.94. The first kappa shape index (κ1) is 18.2. The number of likely N-dealkylation sites (N-methyl/N-ethyl adjacent to an activating group) is 1. The maximum Gasteiger partial charge on any atom is 0.177 e. The van der Waals surface area contributed by atoms with Crippen molar-refractivity contribution in [1.82, 2.24) is 15.4 Å². The standard InChI is InChI=1S/C17H20FN5O2S/c1-11-7-16(19-9-13(11)18)22-14-5-4-6-15(26(3,24)25)17(14)21-12-8-20-23(2)10-12/h4-9,20-21H,10H2,1-3H3,(H,19,22). The van der Waals surface area contributed by atoms with Gasteiger partial charge < -0.3 is 16.1 Å². The molecule has 1 aliphatic rings. The van der Waals surface area contributed by atoms with E-state index in [9.17, 15) is 12.8 Å². The number of aromatic nitrogens is 1. The number of hydrogen-bond donors (Lipinski definition) is 3. The Balaban J connectivity index is 2.02. The van der Waals surface area contributed by atoms with Gasteiger partial charge in [-0.3, -0.25) is 0 Å².